The molecule has 29 heavy (non-hydrogen) atoms. The molecule has 0 bridgehead atoms. The third-order valence-corrected chi connectivity index (χ3v) is 5.76. The lowest BCUT2D eigenvalue weighted by Gasteiger charge is -2.29. The highest BCUT2D eigenvalue weighted by Crippen LogP contribution is 2.26. The van der Waals surface area contributed by atoms with Gasteiger partial charge in [0.1, 0.15) is 6.04 Å². The summed E-state index contributed by atoms with van der Waals surface area (Å²) in [6, 6.07) is 11.7. The first-order valence-corrected chi connectivity index (χ1v) is 10.7. The first-order chi connectivity index (χ1) is 13.8. The van der Waals surface area contributed by atoms with Crippen LogP contribution >= 0.6 is 34.8 Å². The molecule has 2 aromatic carbocycles. The van der Waals surface area contributed by atoms with E-state index < -0.39 is 6.04 Å². The van der Waals surface area contributed by atoms with Crippen LogP contribution in [0.15, 0.2) is 42.5 Å². The zero-order valence-corrected chi connectivity index (χ0v) is 18.8. The van der Waals surface area contributed by atoms with E-state index in [9.17, 15) is 9.59 Å². The van der Waals surface area contributed by atoms with E-state index in [2.05, 4.69) is 12.2 Å². The Labute approximate surface area is 187 Å². The average molecular weight is 456 g/mol. The lowest BCUT2D eigenvalue weighted by Crippen LogP contribution is -2.48. The maximum Gasteiger partial charge on any atom is 0.242 e. The van der Waals surface area contributed by atoms with Crippen LogP contribution in [0.5, 0.6) is 0 Å². The van der Waals surface area contributed by atoms with Crippen molar-refractivity contribution in [3.8, 4) is 0 Å². The van der Waals surface area contributed by atoms with E-state index in [1.54, 1.807) is 31.2 Å². The molecule has 0 aliphatic heterocycles. The van der Waals surface area contributed by atoms with Crippen LogP contribution in [0.3, 0.4) is 0 Å². The van der Waals surface area contributed by atoms with Crippen LogP contribution in [0.2, 0.25) is 15.1 Å². The molecule has 2 rings (SSSR count). The van der Waals surface area contributed by atoms with E-state index >= 15 is 0 Å². The summed E-state index contributed by atoms with van der Waals surface area (Å²) in [5.41, 5.74) is 1.31. The average Bonchev–Trinajstić information content (AvgIpc) is 2.69. The van der Waals surface area contributed by atoms with Crippen molar-refractivity contribution in [2.24, 2.45) is 0 Å². The number of hydrogen-bond donors (Lipinski definition) is 1. The molecule has 0 aliphatic carbocycles. The molecule has 7 heteroatoms. The Morgan fingerprint density at radius 2 is 1.62 bits per heavy atom. The van der Waals surface area contributed by atoms with E-state index in [4.69, 9.17) is 34.8 Å². The molecular weight excluding hydrogens is 431 g/mol. The number of halogens is 3. The summed E-state index contributed by atoms with van der Waals surface area (Å²) in [5, 5.41) is 4.27. The van der Waals surface area contributed by atoms with Crippen LogP contribution in [0, 0.1) is 0 Å². The molecule has 1 unspecified atom stereocenters. The Balaban J connectivity index is 2.26. The Hall–Kier alpha value is -1.75. The molecule has 1 atom stereocenters. The lowest BCUT2D eigenvalue weighted by molar-refractivity contribution is -0.140. The number of nitrogens with zero attached hydrogens (tertiary/aromatic N) is 1. The molecule has 0 radical (unpaired) electrons. The molecule has 4 nitrogen and oxygen atoms in total. The van der Waals surface area contributed by atoms with Crippen molar-refractivity contribution >= 4 is 46.6 Å². The predicted molar refractivity (Wildman–Crippen MR) is 120 cm³/mol. The van der Waals surface area contributed by atoms with Gasteiger partial charge < -0.3 is 10.2 Å². The minimum absolute atomic E-state index is 0.00443. The molecule has 0 aromatic heterocycles. The summed E-state index contributed by atoms with van der Waals surface area (Å²) in [7, 11) is 0. The highest BCUT2D eigenvalue weighted by Gasteiger charge is 2.27. The van der Waals surface area contributed by atoms with Gasteiger partial charge in [-0.05, 0) is 42.7 Å². The number of hydrogen-bond acceptors (Lipinski definition) is 2. The highest BCUT2D eigenvalue weighted by atomic mass is 35.5. The summed E-state index contributed by atoms with van der Waals surface area (Å²) in [6.07, 6.45) is 1.85. The van der Waals surface area contributed by atoms with Gasteiger partial charge in [-0.3, -0.25) is 9.59 Å². The molecule has 1 N–H and O–H groups in total. The van der Waals surface area contributed by atoms with E-state index in [1.165, 1.54) is 4.90 Å². The second-order valence-electron chi connectivity index (χ2n) is 6.81. The SMILES string of the molecule is CCCCNC(=O)C(C)N(Cc1ccccc1Cl)C(=O)Cc1c(Cl)cccc1Cl. The van der Waals surface area contributed by atoms with Gasteiger partial charge in [0.25, 0.3) is 0 Å². The molecule has 0 saturated carbocycles. The summed E-state index contributed by atoms with van der Waals surface area (Å²) in [6.45, 7) is 4.55. The van der Waals surface area contributed by atoms with Crippen LogP contribution in [0.25, 0.3) is 0 Å². The number of nitrogens with one attached hydrogen (secondary N) is 1. The minimum Gasteiger partial charge on any atom is -0.354 e. The van der Waals surface area contributed by atoms with Gasteiger partial charge in [0.05, 0.1) is 6.42 Å². The predicted octanol–water partition coefficient (Wildman–Crippen LogP) is 5.52. The van der Waals surface area contributed by atoms with Gasteiger partial charge in [0.2, 0.25) is 11.8 Å². The number of amides is 2. The largest absolute Gasteiger partial charge is 0.354 e. The van der Waals surface area contributed by atoms with E-state index in [0.717, 1.165) is 18.4 Å². The van der Waals surface area contributed by atoms with Gasteiger partial charge in [-0.15, -0.1) is 0 Å². The molecule has 0 aliphatic rings. The maximum absolute atomic E-state index is 13.2. The van der Waals surface area contributed by atoms with Gasteiger partial charge in [-0.25, -0.2) is 0 Å². The fourth-order valence-electron chi connectivity index (χ4n) is 2.88. The number of carbonyl (C=O) groups excluding carboxylic acids is 2. The minimum atomic E-state index is -0.670. The molecule has 0 fully saturated rings. The fourth-order valence-corrected chi connectivity index (χ4v) is 3.61. The van der Waals surface area contributed by atoms with Crippen molar-refractivity contribution in [1.82, 2.24) is 10.2 Å². The number of benzene rings is 2. The second-order valence-corrected chi connectivity index (χ2v) is 8.03. The molecule has 156 valence electrons. The quantitative estimate of drug-likeness (QED) is 0.506. The highest BCUT2D eigenvalue weighted by molar-refractivity contribution is 6.36. The van der Waals surface area contributed by atoms with E-state index in [1.807, 2.05) is 18.2 Å². The van der Waals surface area contributed by atoms with Gasteiger partial charge in [0.15, 0.2) is 0 Å². The van der Waals surface area contributed by atoms with E-state index in [-0.39, 0.29) is 24.8 Å². The number of rotatable bonds is 9. The van der Waals surface area contributed by atoms with Crippen LogP contribution in [0.1, 0.15) is 37.8 Å². The van der Waals surface area contributed by atoms with Crippen molar-refractivity contribution in [3.05, 3.63) is 68.7 Å². The second kappa shape index (κ2) is 11.4. The summed E-state index contributed by atoms with van der Waals surface area (Å²) >= 11 is 18.8. The topological polar surface area (TPSA) is 49.4 Å². The first-order valence-electron chi connectivity index (χ1n) is 9.58. The zero-order chi connectivity index (χ0) is 21.4. The van der Waals surface area contributed by atoms with Gasteiger partial charge >= 0.3 is 0 Å². The van der Waals surface area contributed by atoms with Crippen molar-refractivity contribution < 1.29 is 9.59 Å². The lowest BCUT2D eigenvalue weighted by atomic mass is 10.1. The number of unbranched alkanes of at least 4 members (excludes halogenated alkanes) is 1. The van der Waals surface area contributed by atoms with Crippen LogP contribution < -0.4 is 5.32 Å². The first kappa shape index (κ1) is 23.5. The molecule has 2 aromatic rings. The van der Waals surface area contributed by atoms with Gasteiger partial charge in [-0.1, -0.05) is 72.4 Å². The van der Waals surface area contributed by atoms with E-state index in [0.29, 0.717) is 27.2 Å². The van der Waals surface area contributed by atoms with Crippen molar-refractivity contribution in [1.29, 1.82) is 0 Å². The third-order valence-electron chi connectivity index (χ3n) is 4.69. The van der Waals surface area contributed by atoms with Crippen LogP contribution in [-0.4, -0.2) is 29.3 Å². The third kappa shape index (κ3) is 6.63. The van der Waals surface area contributed by atoms with Crippen LogP contribution in [0.4, 0.5) is 0 Å². The van der Waals surface area contributed by atoms with Crippen molar-refractivity contribution in [2.75, 3.05) is 6.54 Å². The molecule has 0 saturated heterocycles. The molecule has 2 amide bonds. The summed E-state index contributed by atoms with van der Waals surface area (Å²) in [5.74, 6) is -0.456. The summed E-state index contributed by atoms with van der Waals surface area (Å²) in [4.78, 5) is 27.3. The normalized spacial score (nSPS) is 11.8. The van der Waals surface area contributed by atoms with Gasteiger partial charge in [-0.2, -0.15) is 0 Å². The molecular formula is C22H25Cl3N2O2. The monoisotopic (exact) mass is 454 g/mol. The Morgan fingerprint density at radius 3 is 2.24 bits per heavy atom. The van der Waals surface area contributed by atoms with Gasteiger partial charge in [0, 0.05) is 28.2 Å². The molecule has 0 spiro atoms. The molecule has 0 heterocycles. The van der Waals surface area contributed by atoms with Crippen molar-refractivity contribution in [2.45, 2.75) is 45.7 Å². The van der Waals surface area contributed by atoms with Crippen LogP contribution in [-0.2, 0) is 22.6 Å². The van der Waals surface area contributed by atoms with Crippen molar-refractivity contribution in [3.63, 3.8) is 0 Å². The Kier molecular flexibility index (Phi) is 9.28. The zero-order valence-electron chi connectivity index (χ0n) is 16.6. The standard InChI is InChI=1S/C22H25Cl3N2O2/c1-3-4-12-26-22(29)15(2)27(14-16-8-5-6-9-18(16)23)21(28)13-17-19(24)10-7-11-20(17)25/h5-11,15H,3-4,12-14H2,1-2H3,(H,26,29). The number of carbonyl (C=O) groups is 2. The Morgan fingerprint density at radius 1 is 1.00 bits per heavy atom. The Bertz CT molecular complexity index is 837. The smallest absolute Gasteiger partial charge is 0.242 e. The fraction of sp³-hybridized carbons (Fsp3) is 0.364. The maximum atomic E-state index is 13.2. The summed E-state index contributed by atoms with van der Waals surface area (Å²) < 4.78 is 0.